The van der Waals surface area contributed by atoms with Gasteiger partial charge in [-0.15, -0.1) is 11.3 Å². The van der Waals surface area contributed by atoms with Crippen molar-refractivity contribution in [1.82, 2.24) is 5.32 Å². The second-order valence-electron chi connectivity index (χ2n) is 5.01. The van der Waals surface area contributed by atoms with Gasteiger partial charge in [-0.3, -0.25) is 4.79 Å². The molecule has 1 N–H and O–H groups in total. The molecule has 1 aromatic heterocycles. The Morgan fingerprint density at radius 1 is 1.22 bits per heavy atom. The van der Waals surface area contributed by atoms with Crippen molar-refractivity contribution in [2.45, 2.75) is 19.6 Å². The van der Waals surface area contributed by atoms with Crippen LogP contribution in [0.3, 0.4) is 0 Å². The first kappa shape index (κ1) is 17.2. The first-order valence-corrected chi connectivity index (χ1v) is 8.06. The number of benzene rings is 1. The molecule has 1 aromatic carbocycles. The van der Waals surface area contributed by atoms with Crippen LogP contribution in [0.1, 0.15) is 33.8 Å². The molecule has 1 amide bonds. The number of carbonyl (C=O) groups excluding carboxylic acids is 2. The topological polar surface area (TPSA) is 64.6 Å². The molecule has 0 fully saturated rings. The lowest BCUT2D eigenvalue weighted by molar-refractivity contribution is -0.124. The highest BCUT2D eigenvalue weighted by molar-refractivity contribution is 7.10. The summed E-state index contributed by atoms with van der Waals surface area (Å²) >= 11 is 1.57. The molecule has 1 heterocycles. The van der Waals surface area contributed by atoms with Gasteiger partial charge in [-0.1, -0.05) is 18.2 Å². The van der Waals surface area contributed by atoms with E-state index in [-0.39, 0.29) is 18.6 Å². The van der Waals surface area contributed by atoms with E-state index in [1.165, 1.54) is 0 Å². The molecule has 0 radical (unpaired) electrons. The van der Waals surface area contributed by atoms with E-state index in [2.05, 4.69) is 5.32 Å². The second-order valence-corrected chi connectivity index (χ2v) is 5.99. The number of carbonyl (C=O) groups is 2. The number of nitrogens with one attached hydrogen (secondary N) is 1. The molecule has 2 aromatic rings. The van der Waals surface area contributed by atoms with Crippen LogP contribution < -0.4 is 5.32 Å². The normalized spacial score (nSPS) is 11.7. The van der Waals surface area contributed by atoms with Crippen LogP contribution in [-0.4, -0.2) is 25.6 Å². The predicted octanol–water partition coefficient (Wildman–Crippen LogP) is 2.93. The van der Waals surface area contributed by atoms with Crippen molar-refractivity contribution in [1.29, 1.82) is 0 Å². The molecular weight excluding hydrogens is 314 g/mol. The third-order valence-electron chi connectivity index (χ3n) is 3.18. The van der Waals surface area contributed by atoms with Crippen LogP contribution in [0.15, 0.2) is 41.8 Å². The Hall–Kier alpha value is -2.18. The van der Waals surface area contributed by atoms with Gasteiger partial charge in [-0.25, -0.2) is 4.79 Å². The number of hydrogen-bond acceptors (Lipinski definition) is 5. The molecule has 0 saturated heterocycles. The van der Waals surface area contributed by atoms with E-state index >= 15 is 0 Å². The fraction of sp³-hybridized carbons (Fsp3) is 0.294. The van der Waals surface area contributed by atoms with Crippen molar-refractivity contribution in [3.8, 4) is 0 Å². The zero-order valence-electron chi connectivity index (χ0n) is 13.1. The highest BCUT2D eigenvalue weighted by atomic mass is 32.1. The number of thiophene rings is 1. The van der Waals surface area contributed by atoms with Gasteiger partial charge in [0.05, 0.1) is 18.2 Å². The third kappa shape index (κ3) is 5.19. The summed E-state index contributed by atoms with van der Waals surface area (Å²) in [5.41, 5.74) is 1.37. The highest BCUT2D eigenvalue weighted by Crippen LogP contribution is 2.17. The first-order chi connectivity index (χ1) is 11.1. The summed E-state index contributed by atoms with van der Waals surface area (Å²) in [6.45, 7) is 2.08. The van der Waals surface area contributed by atoms with Crippen LogP contribution in [-0.2, 0) is 20.9 Å². The van der Waals surface area contributed by atoms with Crippen molar-refractivity contribution in [3.05, 3.63) is 57.8 Å². The van der Waals surface area contributed by atoms with Crippen LogP contribution in [0.25, 0.3) is 0 Å². The molecule has 0 saturated carbocycles. The Morgan fingerprint density at radius 2 is 1.96 bits per heavy atom. The Labute approximate surface area is 139 Å². The predicted molar refractivity (Wildman–Crippen MR) is 88.3 cm³/mol. The maximum Gasteiger partial charge on any atom is 0.338 e. The summed E-state index contributed by atoms with van der Waals surface area (Å²) in [6, 6.07) is 10.7. The lowest BCUT2D eigenvalue weighted by atomic mass is 10.1. The standard InChI is InChI=1S/C17H19NO4S/c1-12(15-4-3-9-23-15)18-16(19)11-22-17(20)14-7-5-13(6-8-14)10-21-2/h3-9,12H,10-11H2,1-2H3,(H,18,19)/t12-/m1/s1. The fourth-order valence-electron chi connectivity index (χ4n) is 2.01. The number of ether oxygens (including phenoxy) is 2. The maximum absolute atomic E-state index is 11.9. The van der Waals surface area contributed by atoms with E-state index in [0.717, 1.165) is 10.4 Å². The Balaban J connectivity index is 1.80. The molecule has 5 nitrogen and oxygen atoms in total. The molecule has 0 aliphatic heterocycles. The molecule has 0 bridgehead atoms. The van der Waals surface area contributed by atoms with E-state index < -0.39 is 5.97 Å². The third-order valence-corrected chi connectivity index (χ3v) is 4.24. The highest BCUT2D eigenvalue weighted by Gasteiger charge is 2.13. The monoisotopic (exact) mass is 333 g/mol. The summed E-state index contributed by atoms with van der Waals surface area (Å²) in [4.78, 5) is 24.8. The fourth-order valence-corrected chi connectivity index (χ4v) is 2.74. The maximum atomic E-state index is 11.9. The van der Waals surface area contributed by atoms with Crippen LogP contribution >= 0.6 is 11.3 Å². The average molecular weight is 333 g/mol. The van der Waals surface area contributed by atoms with E-state index in [9.17, 15) is 9.59 Å². The van der Waals surface area contributed by atoms with Gasteiger partial charge in [0.25, 0.3) is 5.91 Å². The number of rotatable bonds is 7. The zero-order chi connectivity index (χ0) is 16.7. The Bertz CT molecular complexity index is 637. The first-order valence-electron chi connectivity index (χ1n) is 7.18. The molecule has 0 aliphatic rings. The molecule has 1 atom stereocenters. The van der Waals surface area contributed by atoms with Crippen molar-refractivity contribution >= 4 is 23.2 Å². The minimum atomic E-state index is -0.520. The summed E-state index contributed by atoms with van der Waals surface area (Å²) in [6.07, 6.45) is 0. The largest absolute Gasteiger partial charge is 0.452 e. The van der Waals surface area contributed by atoms with E-state index in [4.69, 9.17) is 9.47 Å². The summed E-state index contributed by atoms with van der Waals surface area (Å²) < 4.78 is 10.0. The molecule has 0 unspecified atom stereocenters. The van der Waals surface area contributed by atoms with Crippen molar-refractivity contribution in [2.75, 3.05) is 13.7 Å². The summed E-state index contributed by atoms with van der Waals surface area (Å²) in [5, 5.41) is 4.74. The minimum Gasteiger partial charge on any atom is -0.452 e. The summed E-state index contributed by atoms with van der Waals surface area (Å²) in [7, 11) is 1.61. The lowest BCUT2D eigenvalue weighted by Gasteiger charge is -2.12. The lowest BCUT2D eigenvalue weighted by Crippen LogP contribution is -2.30. The zero-order valence-corrected chi connectivity index (χ0v) is 13.9. The van der Waals surface area contributed by atoms with Gasteiger partial charge in [-0.05, 0) is 36.1 Å². The van der Waals surface area contributed by atoms with Gasteiger partial charge in [0, 0.05) is 12.0 Å². The molecule has 2 rings (SSSR count). The van der Waals surface area contributed by atoms with Crippen LogP contribution in [0.2, 0.25) is 0 Å². The van der Waals surface area contributed by atoms with Crippen LogP contribution in [0.5, 0.6) is 0 Å². The smallest absolute Gasteiger partial charge is 0.338 e. The van der Waals surface area contributed by atoms with E-state index in [1.54, 1.807) is 42.7 Å². The van der Waals surface area contributed by atoms with E-state index in [1.807, 2.05) is 24.4 Å². The second kappa shape index (κ2) is 8.45. The molecule has 0 spiro atoms. The molecule has 6 heteroatoms. The van der Waals surface area contributed by atoms with Gasteiger partial charge in [-0.2, -0.15) is 0 Å². The van der Waals surface area contributed by atoms with E-state index in [0.29, 0.717) is 12.2 Å². The Kier molecular flexibility index (Phi) is 6.31. The number of amides is 1. The summed E-state index contributed by atoms with van der Waals surface area (Å²) in [5.74, 6) is -0.844. The van der Waals surface area contributed by atoms with Gasteiger partial charge >= 0.3 is 5.97 Å². The van der Waals surface area contributed by atoms with Gasteiger partial charge in [0.1, 0.15) is 0 Å². The molecule has 23 heavy (non-hydrogen) atoms. The van der Waals surface area contributed by atoms with Gasteiger partial charge in [0.15, 0.2) is 6.61 Å². The average Bonchev–Trinajstić information content (AvgIpc) is 3.08. The molecule has 122 valence electrons. The minimum absolute atomic E-state index is 0.102. The van der Waals surface area contributed by atoms with Crippen LogP contribution in [0.4, 0.5) is 0 Å². The van der Waals surface area contributed by atoms with Gasteiger partial charge in [0.2, 0.25) is 0 Å². The number of hydrogen-bond donors (Lipinski definition) is 1. The Morgan fingerprint density at radius 3 is 2.57 bits per heavy atom. The van der Waals surface area contributed by atoms with Gasteiger partial charge < -0.3 is 14.8 Å². The number of methoxy groups -OCH3 is 1. The quantitative estimate of drug-likeness (QED) is 0.791. The van der Waals surface area contributed by atoms with Crippen molar-refractivity contribution < 1.29 is 19.1 Å². The number of esters is 1. The van der Waals surface area contributed by atoms with Crippen molar-refractivity contribution in [3.63, 3.8) is 0 Å². The molecular formula is C17H19NO4S. The van der Waals surface area contributed by atoms with Crippen molar-refractivity contribution in [2.24, 2.45) is 0 Å². The van der Waals surface area contributed by atoms with Crippen LogP contribution in [0, 0.1) is 0 Å². The molecule has 0 aliphatic carbocycles. The SMILES string of the molecule is COCc1ccc(C(=O)OCC(=O)N[C@H](C)c2cccs2)cc1.